The Bertz CT molecular complexity index is 320. The van der Waals surface area contributed by atoms with Crippen molar-refractivity contribution in [2.75, 3.05) is 0 Å². The zero-order valence-corrected chi connectivity index (χ0v) is 10.8. The normalized spacial score (nSPS) is 16.9. The van der Waals surface area contributed by atoms with Crippen molar-refractivity contribution in [3.05, 3.63) is 0 Å². The summed E-state index contributed by atoms with van der Waals surface area (Å²) in [7, 11) is -4.73. The molecule has 0 fully saturated rings. The van der Waals surface area contributed by atoms with Gasteiger partial charge in [-0.15, -0.1) is 0 Å². The first-order valence-electron chi connectivity index (χ1n) is 3.65. The number of hydrogen-bond donors (Lipinski definition) is 2. The van der Waals surface area contributed by atoms with E-state index in [4.69, 9.17) is 9.66 Å². The van der Waals surface area contributed by atoms with Crippen LogP contribution in [0.15, 0.2) is 0 Å². The zero-order chi connectivity index (χ0) is 11.1. The Morgan fingerprint density at radius 1 is 1.29 bits per heavy atom. The quantitative estimate of drug-likeness (QED) is 0.444. The topological polar surface area (TPSA) is 91.7 Å². The molecular formula is C6H15LiO5SSi. The van der Waals surface area contributed by atoms with Crippen LogP contribution in [0.1, 0.15) is 20.8 Å². The predicted molar refractivity (Wildman–Crippen MR) is 58.5 cm³/mol. The summed E-state index contributed by atoms with van der Waals surface area (Å²) in [6, 6.07) is 0. The average molecular weight is 234 g/mol. The standard InChI is InChI=1S/C6H14O5SSi.Li.H/c1-5(2,3)6(13,4(7)8)12(9,10)11;;/h1-3,13H3,(H,7,8)(H,9,10,11);;. The molecule has 0 radical (unpaired) electrons. The molecule has 14 heavy (non-hydrogen) atoms. The van der Waals surface area contributed by atoms with Crippen LogP contribution in [-0.2, 0) is 14.9 Å². The van der Waals surface area contributed by atoms with Crippen LogP contribution in [0.25, 0.3) is 0 Å². The first-order chi connectivity index (χ1) is 5.44. The monoisotopic (exact) mass is 234 g/mol. The molecule has 80 valence electrons. The van der Waals surface area contributed by atoms with E-state index in [0.29, 0.717) is 0 Å². The van der Waals surface area contributed by atoms with Crippen LogP contribution >= 0.6 is 0 Å². The van der Waals surface area contributed by atoms with E-state index < -0.39 is 25.9 Å². The van der Waals surface area contributed by atoms with Crippen molar-refractivity contribution >= 4 is 45.2 Å². The predicted octanol–water partition coefficient (Wildman–Crippen LogP) is -1.58. The first kappa shape index (κ1) is 16.6. The van der Waals surface area contributed by atoms with Gasteiger partial charge >= 0.3 is 24.8 Å². The van der Waals surface area contributed by atoms with Crippen molar-refractivity contribution < 1.29 is 22.9 Å². The number of carboxylic acids is 1. The van der Waals surface area contributed by atoms with Crippen LogP contribution in [0.2, 0.25) is 0 Å². The van der Waals surface area contributed by atoms with E-state index in [1.165, 1.54) is 20.8 Å². The van der Waals surface area contributed by atoms with Crippen molar-refractivity contribution in [3.63, 3.8) is 0 Å². The van der Waals surface area contributed by atoms with Crippen molar-refractivity contribution in [1.29, 1.82) is 0 Å². The van der Waals surface area contributed by atoms with Crippen LogP contribution in [0.5, 0.6) is 0 Å². The molecule has 2 N–H and O–H groups in total. The Labute approximate surface area is 98.6 Å². The van der Waals surface area contributed by atoms with Gasteiger partial charge in [0, 0.05) is 10.2 Å². The van der Waals surface area contributed by atoms with E-state index in [2.05, 4.69) is 0 Å². The molecule has 0 heterocycles. The van der Waals surface area contributed by atoms with Crippen molar-refractivity contribution in [3.8, 4) is 0 Å². The van der Waals surface area contributed by atoms with Crippen molar-refractivity contribution in [1.82, 2.24) is 0 Å². The summed E-state index contributed by atoms with van der Waals surface area (Å²) in [4.78, 5) is 10.8. The Balaban J connectivity index is 0. The van der Waals surface area contributed by atoms with E-state index in [0.717, 1.165) is 0 Å². The number of rotatable bonds is 2. The fourth-order valence-corrected chi connectivity index (χ4v) is 1.81. The molecule has 0 saturated carbocycles. The maximum atomic E-state index is 11.0. The molecule has 0 aliphatic heterocycles. The van der Waals surface area contributed by atoms with E-state index >= 15 is 0 Å². The van der Waals surface area contributed by atoms with Gasteiger partial charge in [-0.2, -0.15) is 8.42 Å². The molecule has 0 spiro atoms. The fraction of sp³-hybridized carbons (Fsp3) is 0.833. The molecule has 0 bridgehead atoms. The zero-order valence-electron chi connectivity index (χ0n) is 8.03. The third kappa shape index (κ3) is 2.61. The number of carbonyl (C=O) groups is 1. The van der Waals surface area contributed by atoms with E-state index in [1.807, 2.05) is 0 Å². The van der Waals surface area contributed by atoms with E-state index in [9.17, 15) is 13.2 Å². The van der Waals surface area contributed by atoms with Gasteiger partial charge in [0.2, 0.25) is 0 Å². The molecule has 0 aliphatic carbocycles. The van der Waals surface area contributed by atoms with Crippen molar-refractivity contribution in [2.45, 2.75) is 25.1 Å². The Morgan fingerprint density at radius 2 is 1.57 bits per heavy atom. The third-order valence-corrected chi connectivity index (χ3v) is 7.65. The molecule has 1 atom stereocenters. The van der Waals surface area contributed by atoms with Gasteiger partial charge in [-0.1, -0.05) is 20.8 Å². The van der Waals surface area contributed by atoms with Crippen LogP contribution < -0.4 is 0 Å². The second kappa shape index (κ2) is 4.37. The average Bonchev–Trinajstić information content (AvgIpc) is 1.80. The molecule has 1 unspecified atom stereocenters. The number of hydrogen-bond acceptors (Lipinski definition) is 3. The maximum absolute atomic E-state index is 11.0. The molecule has 8 heteroatoms. The van der Waals surface area contributed by atoms with Gasteiger partial charge in [-0.3, -0.25) is 9.35 Å². The van der Waals surface area contributed by atoms with Crippen LogP contribution in [0.4, 0.5) is 0 Å². The number of aliphatic carboxylic acids is 1. The molecular weight excluding hydrogens is 219 g/mol. The number of carboxylic acid groups (broad SMARTS) is 1. The third-order valence-electron chi connectivity index (χ3n) is 2.36. The summed E-state index contributed by atoms with van der Waals surface area (Å²) in [5, 5.41) is 8.80. The van der Waals surface area contributed by atoms with E-state index in [-0.39, 0.29) is 29.1 Å². The molecule has 0 aliphatic rings. The van der Waals surface area contributed by atoms with Gasteiger partial charge in [0.15, 0.2) is 4.37 Å². The van der Waals surface area contributed by atoms with Crippen LogP contribution in [0.3, 0.4) is 0 Å². The molecule has 5 nitrogen and oxygen atoms in total. The van der Waals surface area contributed by atoms with Gasteiger partial charge in [0.1, 0.15) is 0 Å². The van der Waals surface area contributed by atoms with E-state index in [1.54, 1.807) is 0 Å². The summed E-state index contributed by atoms with van der Waals surface area (Å²) in [5.41, 5.74) is -1.02. The van der Waals surface area contributed by atoms with Gasteiger partial charge in [0.05, 0.1) is 0 Å². The minimum atomic E-state index is -4.56. The van der Waals surface area contributed by atoms with Crippen LogP contribution in [0, 0.1) is 5.41 Å². The van der Waals surface area contributed by atoms with Gasteiger partial charge in [-0.05, 0) is 5.41 Å². The SMILES string of the molecule is CC(C)(C)C([SiH3])(C(=O)O)S(=O)(=O)O.[LiH]. The summed E-state index contributed by atoms with van der Waals surface area (Å²) in [6.45, 7) is 4.42. The second-order valence-corrected chi connectivity index (χ2v) is 8.05. The second-order valence-electron chi connectivity index (χ2n) is 4.06. The summed E-state index contributed by atoms with van der Waals surface area (Å²) >= 11 is 0. The van der Waals surface area contributed by atoms with Crippen molar-refractivity contribution in [2.24, 2.45) is 5.41 Å². The Hall–Kier alpha value is 0.194. The van der Waals surface area contributed by atoms with Gasteiger partial charge < -0.3 is 5.11 Å². The Morgan fingerprint density at radius 3 is 1.57 bits per heavy atom. The molecule has 0 aromatic carbocycles. The minimum absolute atomic E-state index is 0. The fourth-order valence-electron chi connectivity index (χ4n) is 0.818. The molecule has 0 saturated heterocycles. The summed E-state index contributed by atoms with van der Waals surface area (Å²) in [6.07, 6.45) is 0. The van der Waals surface area contributed by atoms with Gasteiger partial charge in [0.25, 0.3) is 10.1 Å². The summed E-state index contributed by atoms with van der Waals surface area (Å²) < 4.78 is 28.7. The Kier molecular flexibility index (Phi) is 5.18. The molecule has 0 amide bonds. The first-order valence-corrected chi connectivity index (χ1v) is 6.09. The van der Waals surface area contributed by atoms with Crippen LogP contribution in [-0.4, -0.2) is 57.5 Å². The molecule has 0 aromatic heterocycles. The molecule has 0 rings (SSSR count). The molecule has 0 aromatic rings. The van der Waals surface area contributed by atoms with Gasteiger partial charge in [-0.25, -0.2) is 0 Å². The summed E-state index contributed by atoms with van der Waals surface area (Å²) in [5.74, 6) is -1.49.